The summed E-state index contributed by atoms with van der Waals surface area (Å²) in [4.78, 5) is 41.0. The molecule has 0 saturated carbocycles. The number of carbonyl (C=O) groups excluding carboxylic acids is 2. The van der Waals surface area contributed by atoms with Crippen molar-refractivity contribution in [2.75, 3.05) is 19.0 Å². The number of carbonyl (C=O) groups is 2. The summed E-state index contributed by atoms with van der Waals surface area (Å²) in [6.07, 6.45) is 0.225. The van der Waals surface area contributed by atoms with Crippen molar-refractivity contribution in [3.63, 3.8) is 0 Å². The second-order valence-corrected chi connectivity index (χ2v) is 6.82. The zero-order valence-electron chi connectivity index (χ0n) is 17.1. The summed E-state index contributed by atoms with van der Waals surface area (Å²) in [6.45, 7) is 1.48. The van der Waals surface area contributed by atoms with Crippen molar-refractivity contribution < 1.29 is 19.1 Å². The van der Waals surface area contributed by atoms with Crippen LogP contribution in [0.3, 0.4) is 0 Å². The Labute approximate surface area is 173 Å². The van der Waals surface area contributed by atoms with Crippen LogP contribution in [0.4, 0.5) is 5.69 Å². The number of nitrogens with one attached hydrogen (secondary N) is 1. The lowest BCUT2D eigenvalue weighted by Gasteiger charge is -2.11. The molecule has 3 rings (SSSR count). The Morgan fingerprint density at radius 1 is 1.17 bits per heavy atom. The smallest absolute Gasteiger partial charge is 0.306 e. The predicted molar refractivity (Wildman–Crippen MR) is 113 cm³/mol. The van der Waals surface area contributed by atoms with Gasteiger partial charge in [0, 0.05) is 13.5 Å². The molecule has 1 aromatic heterocycles. The molecule has 30 heavy (non-hydrogen) atoms. The van der Waals surface area contributed by atoms with Crippen LogP contribution in [0, 0.1) is 6.92 Å². The van der Waals surface area contributed by atoms with Crippen LogP contribution in [0.1, 0.15) is 17.8 Å². The van der Waals surface area contributed by atoms with E-state index in [2.05, 4.69) is 10.3 Å². The molecule has 0 radical (unpaired) electrons. The molecule has 1 amide bonds. The Kier molecular flexibility index (Phi) is 6.46. The molecule has 3 aromatic rings. The van der Waals surface area contributed by atoms with Gasteiger partial charge in [0.15, 0.2) is 6.61 Å². The van der Waals surface area contributed by atoms with Gasteiger partial charge in [-0.1, -0.05) is 18.2 Å². The van der Waals surface area contributed by atoms with Crippen molar-refractivity contribution in [1.82, 2.24) is 9.55 Å². The summed E-state index contributed by atoms with van der Waals surface area (Å²) in [5.74, 6) is -0.0274. The molecular weight excluding hydrogens is 386 g/mol. The Morgan fingerprint density at radius 2 is 1.93 bits per heavy atom. The van der Waals surface area contributed by atoms with Gasteiger partial charge in [0.05, 0.1) is 30.1 Å². The summed E-state index contributed by atoms with van der Waals surface area (Å²) in [6, 6.07) is 12.4. The number of esters is 1. The molecule has 1 N–H and O–H groups in total. The number of anilines is 1. The minimum Gasteiger partial charge on any atom is -0.495 e. The van der Waals surface area contributed by atoms with E-state index >= 15 is 0 Å². The van der Waals surface area contributed by atoms with Gasteiger partial charge in [0.1, 0.15) is 11.6 Å². The normalized spacial score (nSPS) is 10.6. The highest BCUT2D eigenvalue weighted by Crippen LogP contribution is 2.25. The van der Waals surface area contributed by atoms with Gasteiger partial charge in [0.2, 0.25) is 0 Å². The van der Waals surface area contributed by atoms with Crippen LogP contribution in [0.15, 0.2) is 47.3 Å². The third-order valence-corrected chi connectivity index (χ3v) is 4.62. The molecule has 2 aromatic carbocycles. The lowest BCUT2D eigenvalue weighted by atomic mass is 10.2. The van der Waals surface area contributed by atoms with Gasteiger partial charge < -0.3 is 14.8 Å². The number of para-hydroxylation sites is 1. The number of hydrogen-bond acceptors (Lipinski definition) is 6. The molecular formula is C22H23N3O5. The fourth-order valence-corrected chi connectivity index (χ4v) is 3.03. The van der Waals surface area contributed by atoms with E-state index in [1.54, 1.807) is 43.4 Å². The second-order valence-electron chi connectivity index (χ2n) is 6.82. The van der Waals surface area contributed by atoms with E-state index in [1.807, 2.05) is 13.0 Å². The van der Waals surface area contributed by atoms with E-state index in [4.69, 9.17) is 9.47 Å². The number of benzene rings is 2. The number of hydrogen-bond donors (Lipinski definition) is 1. The number of nitrogens with zero attached hydrogens (tertiary/aromatic N) is 2. The van der Waals surface area contributed by atoms with Gasteiger partial charge in [-0.25, -0.2) is 4.98 Å². The molecule has 8 nitrogen and oxygen atoms in total. The first-order chi connectivity index (χ1) is 14.4. The van der Waals surface area contributed by atoms with Crippen molar-refractivity contribution in [2.24, 2.45) is 7.05 Å². The number of amides is 1. The van der Waals surface area contributed by atoms with Gasteiger partial charge in [-0.05, 0) is 36.8 Å². The number of methoxy groups -OCH3 is 1. The zero-order chi connectivity index (χ0) is 21.7. The molecule has 0 unspecified atom stereocenters. The zero-order valence-corrected chi connectivity index (χ0v) is 17.1. The fourth-order valence-electron chi connectivity index (χ4n) is 3.03. The summed E-state index contributed by atoms with van der Waals surface area (Å²) < 4.78 is 11.7. The van der Waals surface area contributed by atoms with Crippen LogP contribution in [0.5, 0.6) is 5.75 Å². The van der Waals surface area contributed by atoms with Gasteiger partial charge in [0.25, 0.3) is 11.5 Å². The molecule has 1 heterocycles. The quantitative estimate of drug-likeness (QED) is 0.602. The van der Waals surface area contributed by atoms with Crippen molar-refractivity contribution >= 4 is 28.5 Å². The Balaban J connectivity index is 1.56. The number of ether oxygens (including phenoxy) is 2. The van der Waals surface area contributed by atoms with E-state index < -0.39 is 18.5 Å². The van der Waals surface area contributed by atoms with Gasteiger partial charge in [-0.3, -0.25) is 19.0 Å². The predicted octanol–water partition coefficient (Wildman–Crippen LogP) is 2.37. The SMILES string of the molecule is COc1ccc(C)cc1NC(=O)COC(=O)CCc1nc2ccccc2c(=O)n1C. The van der Waals surface area contributed by atoms with E-state index in [0.717, 1.165) is 5.56 Å². The maximum atomic E-state index is 12.4. The number of aryl methyl sites for hydroxylation is 2. The highest BCUT2D eigenvalue weighted by molar-refractivity contribution is 5.94. The van der Waals surface area contributed by atoms with Crippen LogP contribution < -0.4 is 15.6 Å². The highest BCUT2D eigenvalue weighted by Gasteiger charge is 2.13. The summed E-state index contributed by atoms with van der Waals surface area (Å²) >= 11 is 0. The lowest BCUT2D eigenvalue weighted by Crippen LogP contribution is -2.24. The van der Waals surface area contributed by atoms with Crippen LogP contribution in [-0.2, 0) is 27.8 Å². The van der Waals surface area contributed by atoms with Crippen LogP contribution >= 0.6 is 0 Å². The molecule has 0 saturated heterocycles. The first kappa shape index (κ1) is 21.0. The lowest BCUT2D eigenvalue weighted by molar-refractivity contribution is -0.147. The topological polar surface area (TPSA) is 99.5 Å². The number of fused-ring (bicyclic) bond motifs is 1. The molecule has 0 aliphatic heterocycles. The highest BCUT2D eigenvalue weighted by atomic mass is 16.5. The maximum absolute atomic E-state index is 12.4. The Morgan fingerprint density at radius 3 is 2.70 bits per heavy atom. The Hall–Kier alpha value is -3.68. The molecule has 0 aliphatic rings. The number of aromatic nitrogens is 2. The standard InChI is InChI=1S/C22H23N3O5/c1-14-8-9-18(29-3)17(12-14)24-20(26)13-30-21(27)11-10-19-23-16-7-5-4-6-15(16)22(28)25(19)2/h4-9,12H,10-11,13H2,1-3H3,(H,24,26). The van der Waals surface area contributed by atoms with Crippen LogP contribution in [0.2, 0.25) is 0 Å². The largest absolute Gasteiger partial charge is 0.495 e. The van der Waals surface area contributed by atoms with Crippen LogP contribution in [0.25, 0.3) is 10.9 Å². The molecule has 156 valence electrons. The average Bonchev–Trinajstić information content (AvgIpc) is 2.74. The molecule has 0 spiro atoms. The molecule has 0 fully saturated rings. The van der Waals surface area contributed by atoms with Crippen molar-refractivity contribution in [3.05, 3.63) is 64.2 Å². The minimum absolute atomic E-state index is 0.000331. The van der Waals surface area contributed by atoms with Gasteiger partial charge >= 0.3 is 5.97 Å². The molecule has 0 atom stereocenters. The molecule has 0 bridgehead atoms. The van der Waals surface area contributed by atoms with Crippen LogP contribution in [-0.4, -0.2) is 35.1 Å². The van der Waals surface area contributed by atoms with Gasteiger partial charge in [-0.2, -0.15) is 0 Å². The average molecular weight is 409 g/mol. The third-order valence-electron chi connectivity index (χ3n) is 4.62. The minimum atomic E-state index is -0.552. The first-order valence-corrected chi connectivity index (χ1v) is 9.44. The fraction of sp³-hybridized carbons (Fsp3) is 0.273. The third kappa shape index (κ3) is 4.83. The first-order valence-electron chi connectivity index (χ1n) is 9.44. The van der Waals surface area contributed by atoms with Crippen molar-refractivity contribution in [3.8, 4) is 5.75 Å². The molecule has 8 heteroatoms. The van der Waals surface area contributed by atoms with Crippen molar-refractivity contribution in [1.29, 1.82) is 0 Å². The van der Waals surface area contributed by atoms with E-state index in [-0.39, 0.29) is 18.4 Å². The second kappa shape index (κ2) is 9.21. The summed E-state index contributed by atoms with van der Waals surface area (Å²) in [5, 5.41) is 3.19. The molecule has 0 aliphatic carbocycles. The van der Waals surface area contributed by atoms with E-state index in [0.29, 0.717) is 28.2 Å². The number of rotatable bonds is 7. The summed E-state index contributed by atoms with van der Waals surface area (Å²) in [5.41, 5.74) is 1.87. The maximum Gasteiger partial charge on any atom is 0.306 e. The van der Waals surface area contributed by atoms with Crippen molar-refractivity contribution in [2.45, 2.75) is 19.8 Å². The van der Waals surface area contributed by atoms with E-state index in [1.165, 1.54) is 11.7 Å². The summed E-state index contributed by atoms with van der Waals surface area (Å²) in [7, 11) is 3.12. The van der Waals surface area contributed by atoms with Gasteiger partial charge in [-0.15, -0.1) is 0 Å². The van der Waals surface area contributed by atoms with E-state index in [9.17, 15) is 14.4 Å². The monoisotopic (exact) mass is 409 g/mol. The Bertz CT molecular complexity index is 1150.